The summed E-state index contributed by atoms with van der Waals surface area (Å²) in [5.74, 6) is -0.451. The van der Waals surface area contributed by atoms with Crippen LogP contribution in [-0.4, -0.2) is 36.6 Å². The highest BCUT2D eigenvalue weighted by atomic mass is 16.5. The van der Waals surface area contributed by atoms with Crippen molar-refractivity contribution in [2.75, 3.05) is 25.4 Å². The molecule has 2 rings (SSSR count). The number of amides is 1. The monoisotopic (exact) mass is 249 g/mol. The Morgan fingerprint density at radius 2 is 2.33 bits per heavy atom. The number of benzene rings is 1. The molecule has 1 aromatic rings. The first-order chi connectivity index (χ1) is 8.56. The zero-order valence-electron chi connectivity index (χ0n) is 10.6. The van der Waals surface area contributed by atoms with E-state index in [9.17, 15) is 4.79 Å². The van der Waals surface area contributed by atoms with E-state index in [1.54, 1.807) is 12.1 Å². The number of nitrogen functional groups attached to an aromatic ring is 1. The predicted molar refractivity (Wildman–Crippen MR) is 70.1 cm³/mol. The van der Waals surface area contributed by atoms with Crippen molar-refractivity contribution in [3.63, 3.8) is 0 Å². The van der Waals surface area contributed by atoms with Gasteiger partial charge in [0.2, 0.25) is 5.91 Å². The summed E-state index contributed by atoms with van der Waals surface area (Å²) in [6, 6.07) is 5.23. The molecule has 0 bridgehead atoms. The van der Waals surface area contributed by atoms with Gasteiger partial charge >= 0.3 is 0 Å². The Morgan fingerprint density at radius 3 is 2.94 bits per heavy atom. The van der Waals surface area contributed by atoms with E-state index in [1.807, 2.05) is 6.07 Å². The SMILES string of the molecule is CC1CN(Cc2ccc(C(N)=O)cc2N)CCO1. The number of carbonyl (C=O) groups excluding carboxylic acids is 1. The molecule has 0 saturated carbocycles. The van der Waals surface area contributed by atoms with Crippen LogP contribution in [0.1, 0.15) is 22.8 Å². The van der Waals surface area contributed by atoms with Gasteiger partial charge in [-0.1, -0.05) is 6.07 Å². The van der Waals surface area contributed by atoms with Crippen molar-refractivity contribution in [3.8, 4) is 0 Å². The number of anilines is 1. The van der Waals surface area contributed by atoms with Gasteiger partial charge in [-0.2, -0.15) is 0 Å². The summed E-state index contributed by atoms with van der Waals surface area (Å²) in [5.41, 5.74) is 13.2. The molecule has 1 unspecified atom stereocenters. The van der Waals surface area contributed by atoms with Gasteiger partial charge in [0.25, 0.3) is 0 Å². The van der Waals surface area contributed by atoms with E-state index >= 15 is 0 Å². The Morgan fingerprint density at radius 1 is 1.56 bits per heavy atom. The molecule has 1 aliphatic heterocycles. The summed E-state index contributed by atoms with van der Waals surface area (Å²) >= 11 is 0. The van der Waals surface area contributed by atoms with E-state index in [-0.39, 0.29) is 6.10 Å². The molecule has 4 N–H and O–H groups in total. The molecule has 0 aromatic heterocycles. The Labute approximate surface area is 107 Å². The van der Waals surface area contributed by atoms with Gasteiger partial charge in [0.1, 0.15) is 0 Å². The summed E-state index contributed by atoms with van der Waals surface area (Å²) < 4.78 is 5.49. The van der Waals surface area contributed by atoms with Crippen molar-refractivity contribution in [1.29, 1.82) is 0 Å². The van der Waals surface area contributed by atoms with Crippen LogP contribution in [0.5, 0.6) is 0 Å². The fourth-order valence-corrected chi connectivity index (χ4v) is 2.17. The van der Waals surface area contributed by atoms with Gasteiger partial charge in [0.15, 0.2) is 0 Å². The quantitative estimate of drug-likeness (QED) is 0.768. The summed E-state index contributed by atoms with van der Waals surface area (Å²) in [7, 11) is 0. The summed E-state index contributed by atoms with van der Waals surface area (Å²) in [4.78, 5) is 13.3. The maximum absolute atomic E-state index is 11.0. The van der Waals surface area contributed by atoms with Crippen molar-refractivity contribution in [3.05, 3.63) is 29.3 Å². The van der Waals surface area contributed by atoms with Crippen molar-refractivity contribution in [1.82, 2.24) is 4.90 Å². The third-order valence-electron chi connectivity index (χ3n) is 3.15. The molecule has 18 heavy (non-hydrogen) atoms. The number of ether oxygens (including phenoxy) is 1. The highest BCUT2D eigenvalue weighted by Gasteiger charge is 2.17. The number of hydrogen-bond donors (Lipinski definition) is 2. The molecule has 1 aromatic carbocycles. The molecule has 1 aliphatic rings. The number of nitrogens with two attached hydrogens (primary N) is 2. The average Bonchev–Trinajstić information content (AvgIpc) is 2.31. The highest BCUT2D eigenvalue weighted by molar-refractivity contribution is 5.93. The second kappa shape index (κ2) is 5.37. The fraction of sp³-hybridized carbons (Fsp3) is 0.462. The predicted octanol–water partition coefficient (Wildman–Crippen LogP) is 0.588. The molecule has 1 heterocycles. The zero-order valence-corrected chi connectivity index (χ0v) is 10.6. The first-order valence-electron chi connectivity index (χ1n) is 6.08. The lowest BCUT2D eigenvalue weighted by Crippen LogP contribution is -2.40. The smallest absolute Gasteiger partial charge is 0.248 e. The van der Waals surface area contributed by atoms with Gasteiger partial charge in [-0.05, 0) is 24.6 Å². The van der Waals surface area contributed by atoms with Crippen LogP contribution < -0.4 is 11.5 Å². The Bertz CT molecular complexity index is 448. The number of hydrogen-bond acceptors (Lipinski definition) is 4. The van der Waals surface area contributed by atoms with Gasteiger partial charge in [0, 0.05) is 30.9 Å². The molecule has 1 saturated heterocycles. The highest BCUT2D eigenvalue weighted by Crippen LogP contribution is 2.17. The summed E-state index contributed by atoms with van der Waals surface area (Å²) in [6.45, 7) is 5.39. The molecule has 0 spiro atoms. The second-order valence-corrected chi connectivity index (χ2v) is 4.69. The minimum Gasteiger partial charge on any atom is -0.398 e. The van der Waals surface area contributed by atoms with Crippen molar-refractivity contribution in [2.45, 2.75) is 19.6 Å². The van der Waals surface area contributed by atoms with Crippen molar-refractivity contribution < 1.29 is 9.53 Å². The molecule has 1 fully saturated rings. The Balaban J connectivity index is 2.07. The zero-order chi connectivity index (χ0) is 13.1. The van der Waals surface area contributed by atoms with Crippen LogP contribution in [0, 0.1) is 0 Å². The normalized spacial score (nSPS) is 20.8. The second-order valence-electron chi connectivity index (χ2n) is 4.69. The van der Waals surface area contributed by atoms with Gasteiger partial charge in [-0.25, -0.2) is 0 Å². The van der Waals surface area contributed by atoms with E-state index in [0.717, 1.165) is 31.8 Å². The molecule has 1 amide bonds. The van der Waals surface area contributed by atoms with Crippen LogP contribution in [0.25, 0.3) is 0 Å². The van der Waals surface area contributed by atoms with E-state index in [2.05, 4.69) is 11.8 Å². The van der Waals surface area contributed by atoms with E-state index < -0.39 is 5.91 Å². The van der Waals surface area contributed by atoms with Gasteiger partial charge < -0.3 is 16.2 Å². The van der Waals surface area contributed by atoms with Crippen LogP contribution >= 0.6 is 0 Å². The lowest BCUT2D eigenvalue weighted by atomic mass is 10.1. The lowest BCUT2D eigenvalue weighted by Gasteiger charge is -2.31. The standard InChI is InChI=1S/C13H19N3O2/c1-9-7-16(4-5-18-9)8-11-3-2-10(13(15)17)6-12(11)14/h2-3,6,9H,4-5,7-8,14H2,1H3,(H2,15,17). The maximum atomic E-state index is 11.0. The van der Waals surface area contributed by atoms with Crippen LogP contribution in [0.15, 0.2) is 18.2 Å². The number of primary amides is 1. The topological polar surface area (TPSA) is 81.6 Å². The fourth-order valence-electron chi connectivity index (χ4n) is 2.17. The summed E-state index contributed by atoms with van der Waals surface area (Å²) in [5, 5.41) is 0. The maximum Gasteiger partial charge on any atom is 0.248 e. The van der Waals surface area contributed by atoms with Crippen LogP contribution in [-0.2, 0) is 11.3 Å². The molecular formula is C13H19N3O2. The minimum atomic E-state index is -0.451. The molecule has 0 radical (unpaired) electrons. The third-order valence-corrected chi connectivity index (χ3v) is 3.15. The molecular weight excluding hydrogens is 230 g/mol. The molecule has 0 aliphatic carbocycles. The van der Waals surface area contributed by atoms with Gasteiger partial charge in [-0.15, -0.1) is 0 Å². The van der Waals surface area contributed by atoms with Crippen molar-refractivity contribution >= 4 is 11.6 Å². The van der Waals surface area contributed by atoms with Gasteiger partial charge in [-0.3, -0.25) is 9.69 Å². The molecule has 5 heteroatoms. The number of carbonyl (C=O) groups is 1. The van der Waals surface area contributed by atoms with Crippen LogP contribution in [0.2, 0.25) is 0 Å². The van der Waals surface area contributed by atoms with Crippen LogP contribution in [0.3, 0.4) is 0 Å². The first kappa shape index (κ1) is 12.9. The lowest BCUT2D eigenvalue weighted by molar-refractivity contribution is -0.0211. The number of morpholine rings is 1. The first-order valence-corrected chi connectivity index (χ1v) is 6.08. The van der Waals surface area contributed by atoms with Crippen molar-refractivity contribution in [2.24, 2.45) is 5.73 Å². The Kier molecular flexibility index (Phi) is 3.84. The number of nitrogens with zero attached hydrogens (tertiary/aromatic N) is 1. The molecule has 98 valence electrons. The third kappa shape index (κ3) is 3.00. The largest absolute Gasteiger partial charge is 0.398 e. The molecule has 5 nitrogen and oxygen atoms in total. The average molecular weight is 249 g/mol. The van der Waals surface area contributed by atoms with E-state index in [0.29, 0.717) is 11.3 Å². The van der Waals surface area contributed by atoms with E-state index in [1.165, 1.54) is 0 Å². The van der Waals surface area contributed by atoms with Crippen LogP contribution in [0.4, 0.5) is 5.69 Å². The minimum absolute atomic E-state index is 0.255. The van der Waals surface area contributed by atoms with Gasteiger partial charge in [0.05, 0.1) is 12.7 Å². The molecule has 1 atom stereocenters. The summed E-state index contributed by atoms with van der Waals surface area (Å²) in [6.07, 6.45) is 0.255. The van der Waals surface area contributed by atoms with E-state index in [4.69, 9.17) is 16.2 Å². The number of rotatable bonds is 3. The Hall–Kier alpha value is -1.59.